The second kappa shape index (κ2) is 8.35. The van der Waals surface area contributed by atoms with Crippen LogP contribution in [0, 0.1) is 0 Å². The number of methoxy groups -OCH3 is 1. The molecule has 0 aliphatic carbocycles. The normalized spacial score (nSPS) is 10.9. The Morgan fingerprint density at radius 1 is 1.03 bits per heavy atom. The summed E-state index contributed by atoms with van der Waals surface area (Å²) in [6, 6.07) is 18.8. The molecule has 0 atom stereocenters. The van der Waals surface area contributed by atoms with E-state index in [9.17, 15) is 4.79 Å². The molecule has 0 unspecified atom stereocenters. The number of ether oxygens (including phenoxy) is 2. The highest BCUT2D eigenvalue weighted by atomic mass is 16.5. The zero-order chi connectivity index (χ0) is 21.9. The van der Waals surface area contributed by atoms with Crippen molar-refractivity contribution >= 4 is 28.3 Å². The first kappa shape index (κ1) is 19.5. The van der Waals surface area contributed by atoms with Crippen LogP contribution in [0.25, 0.3) is 16.7 Å². The maximum atomic E-state index is 12.7. The van der Waals surface area contributed by atoms with Crippen LogP contribution in [-0.2, 0) is 6.61 Å². The topological polar surface area (TPSA) is 90.6 Å². The molecule has 1 amide bonds. The molecule has 2 aromatic carbocycles. The van der Waals surface area contributed by atoms with Gasteiger partial charge in [-0.2, -0.15) is 0 Å². The predicted molar refractivity (Wildman–Crippen MR) is 120 cm³/mol. The number of carbonyl (C=O) groups is 1. The molecule has 1 N–H and O–H groups in total. The van der Waals surface area contributed by atoms with Crippen LogP contribution in [0.15, 0.2) is 79.3 Å². The van der Waals surface area contributed by atoms with Crippen molar-refractivity contribution in [2.75, 3.05) is 12.4 Å². The molecule has 0 bridgehead atoms. The fraction of sp³-hybridized carbons (Fsp3) is 0.0833. The zero-order valence-electron chi connectivity index (χ0n) is 17.2. The van der Waals surface area contributed by atoms with Crippen LogP contribution in [0.4, 0.5) is 5.69 Å². The van der Waals surface area contributed by atoms with Gasteiger partial charge in [0.15, 0.2) is 11.5 Å². The van der Waals surface area contributed by atoms with E-state index in [0.717, 1.165) is 16.6 Å². The summed E-state index contributed by atoms with van der Waals surface area (Å²) in [6.45, 7) is 0.261. The summed E-state index contributed by atoms with van der Waals surface area (Å²) in [4.78, 5) is 25.7. The van der Waals surface area contributed by atoms with E-state index in [1.54, 1.807) is 54.4 Å². The highest BCUT2D eigenvalue weighted by molar-refractivity contribution is 6.03. The van der Waals surface area contributed by atoms with E-state index in [4.69, 9.17) is 9.47 Å². The molecule has 8 heteroatoms. The number of hydrogen-bond donors (Lipinski definition) is 1. The van der Waals surface area contributed by atoms with E-state index in [0.29, 0.717) is 23.0 Å². The molecule has 158 valence electrons. The van der Waals surface area contributed by atoms with Gasteiger partial charge in [0.25, 0.3) is 5.91 Å². The Morgan fingerprint density at radius 3 is 2.81 bits per heavy atom. The van der Waals surface area contributed by atoms with Gasteiger partial charge < -0.3 is 14.8 Å². The Hall–Kier alpha value is -4.46. The standard InChI is InChI=1S/C24H19N5O3/c1-31-21-10-9-17(27-23(30)20-14-29-12-4-11-25-24(29)28-20)13-22(21)32-15-18-8-7-16-5-2-3-6-19(16)26-18/h2-14H,15H2,1H3,(H,27,30). The molecular formula is C24H19N5O3. The summed E-state index contributed by atoms with van der Waals surface area (Å²) >= 11 is 0. The lowest BCUT2D eigenvalue weighted by molar-refractivity contribution is 0.102. The molecule has 0 spiro atoms. The van der Waals surface area contributed by atoms with Crippen LogP contribution in [0.1, 0.15) is 16.2 Å². The van der Waals surface area contributed by atoms with Gasteiger partial charge in [-0.25, -0.2) is 15.0 Å². The number of hydrogen-bond acceptors (Lipinski definition) is 6. The van der Waals surface area contributed by atoms with E-state index in [2.05, 4.69) is 20.3 Å². The molecule has 0 fully saturated rings. The van der Waals surface area contributed by atoms with Gasteiger partial charge in [-0.1, -0.05) is 24.3 Å². The van der Waals surface area contributed by atoms with Crippen LogP contribution in [0.5, 0.6) is 11.5 Å². The van der Waals surface area contributed by atoms with Crippen molar-refractivity contribution in [3.05, 3.63) is 90.6 Å². The third-order valence-electron chi connectivity index (χ3n) is 4.92. The fourth-order valence-electron chi connectivity index (χ4n) is 3.34. The Morgan fingerprint density at radius 2 is 1.94 bits per heavy atom. The number of aromatic nitrogens is 4. The van der Waals surface area contributed by atoms with Crippen molar-refractivity contribution in [2.24, 2.45) is 0 Å². The van der Waals surface area contributed by atoms with Gasteiger partial charge in [0.2, 0.25) is 5.78 Å². The monoisotopic (exact) mass is 425 g/mol. The highest BCUT2D eigenvalue weighted by Crippen LogP contribution is 2.31. The summed E-state index contributed by atoms with van der Waals surface area (Å²) < 4.78 is 13.1. The van der Waals surface area contributed by atoms with E-state index in [-0.39, 0.29) is 18.2 Å². The molecule has 0 aliphatic rings. The minimum atomic E-state index is -0.345. The van der Waals surface area contributed by atoms with Gasteiger partial charge in [0.05, 0.1) is 18.3 Å². The maximum absolute atomic E-state index is 12.7. The number of pyridine rings is 1. The lowest BCUT2D eigenvalue weighted by Crippen LogP contribution is -2.12. The molecule has 3 aromatic heterocycles. The quantitative estimate of drug-likeness (QED) is 0.440. The molecule has 0 saturated carbocycles. The number of benzene rings is 2. The number of carbonyl (C=O) groups excluding carboxylic acids is 1. The average molecular weight is 425 g/mol. The van der Waals surface area contributed by atoms with E-state index >= 15 is 0 Å². The number of para-hydroxylation sites is 1. The second-order valence-electron chi connectivity index (χ2n) is 7.06. The first-order valence-electron chi connectivity index (χ1n) is 9.96. The van der Waals surface area contributed by atoms with Crippen LogP contribution in [0.2, 0.25) is 0 Å². The first-order valence-corrected chi connectivity index (χ1v) is 9.96. The Bertz CT molecular complexity index is 1400. The van der Waals surface area contributed by atoms with E-state index < -0.39 is 0 Å². The fourth-order valence-corrected chi connectivity index (χ4v) is 3.34. The van der Waals surface area contributed by atoms with E-state index in [1.165, 1.54) is 0 Å². The molecule has 5 aromatic rings. The number of nitrogens with one attached hydrogen (secondary N) is 1. The Kier molecular flexibility index (Phi) is 5.09. The minimum Gasteiger partial charge on any atom is -0.493 e. The van der Waals surface area contributed by atoms with Crippen molar-refractivity contribution in [2.45, 2.75) is 6.61 Å². The van der Waals surface area contributed by atoms with Gasteiger partial charge in [-0.3, -0.25) is 9.20 Å². The molecule has 8 nitrogen and oxygen atoms in total. The summed E-state index contributed by atoms with van der Waals surface area (Å²) in [6.07, 6.45) is 5.04. The van der Waals surface area contributed by atoms with Crippen molar-refractivity contribution in [3.8, 4) is 11.5 Å². The van der Waals surface area contributed by atoms with Crippen molar-refractivity contribution < 1.29 is 14.3 Å². The second-order valence-corrected chi connectivity index (χ2v) is 7.06. The first-order chi connectivity index (χ1) is 15.7. The predicted octanol–water partition coefficient (Wildman–Crippen LogP) is 4.12. The summed E-state index contributed by atoms with van der Waals surface area (Å²) in [5.41, 5.74) is 2.52. The minimum absolute atomic E-state index is 0.261. The molecule has 5 rings (SSSR count). The Balaban J connectivity index is 1.33. The average Bonchev–Trinajstić information content (AvgIpc) is 3.27. The lowest BCUT2D eigenvalue weighted by atomic mass is 10.2. The van der Waals surface area contributed by atoms with Gasteiger partial charge in [0, 0.05) is 35.7 Å². The number of amides is 1. The zero-order valence-corrected chi connectivity index (χ0v) is 17.2. The van der Waals surface area contributed by atoms with Crippen LogP contribution >= 0.6 is 0 Å². The SMILES string of the molecule is COc1ccc(NC(=O)c2cn3cccnc3n2)cc1OCc1ccc2ccccc2n1. The largest absolute Gasteiger partial charge is 0.493 e. The summed E-state index contributed by atoms with van der Waals surface area (Å²) in [5.74, 6) is 1.17. The van der Waals surface area contributed by atoms with Gasteiger partial charge in [-0.15, -0.1) is 0 Å². The number of imidazole rings is 1. The van der Waals surface area contributed by atoms with Gasteiger partial charge >= 0.3 is 0 Å². The van der Waals surface area contributed by atoms with Crippen LogP contribution < -0.4 is 14.8 Å². The van der Waals surface area contributed by atoms with E-state index in [1.807, 2.05) is 36.4 Å². The lowest BCUT2D eigenvalue weighted by Gasteiger charge is -2.13. The summed E-state index contributed by atoms with van der Waals surface area (Å²) in [7, 11) is 1.57. The Labute approximate surface area is 183 Å². The van der Waals surface area contributed by atoms with Crippen molar-refractivity contribution in [1.29, 1.82) is 0 Å². The van der Waals surface area contributed by atoms with Gasteiger partial charge in [-0.05, 0) is 30.3 Å². The third-order valence-corrected chi connectivity index (χ3v) is 4.92. The molecule has 32 heavy (non-hydrogen) atoms. The van der Waals surface area contributed by atoms with Crippen molar-refractivity contribution in [3.63, 3.8) is 0 Å². The number of rotatable bonds is 6. The number of fused-ring (bicyclic) bond motifs is 2. The van der Waals surface area contributed by atoms with Crippen LogP contribution in [0.3, 0.4) is 0 Å². The van der Waals surface area contributed by atoms with Crippen molar-refractivity contribution in [1.82, 2.24) is 19.4 Å². The molecule has 0 radical (unpaired) electrons. The smallest absolute Gasteiger partial charge is 0.275 e. The highest BCUT2D eigenvalue weighted by Gasteiger charge is 2.14. The third kappa shape index (κ3) is 3.93. The summed E-state index contributed by atoms with van der Waals surface area (Å²) in [5, 5.41) is 3.91. The van der Waals surface area contributed by atoms with Gasteiger partial charge in [0.1, 0.15) is 12.3 Å². The molecule has 3 heterocycles. The number of nitrogens with zero attached hydrogens (tertiary/aromatic N) is 4. The van der Waals surface area contributed by atoms with Crippen LogP contribution in [-0.4, -0.2) is 32.4 Å². The number of anilines is 1. The molecule has 0 saturated heterocycles. The molecular weight excluding hydrogens is 406 g/mol. The molecule has 0 aliphatic heterocycles. The maximum Gasteiger partial charge on any atom is 0.275 e.